The second kappa shape index (κ2) is 6.67. The maximum absolute atomic E-state index is 8.92. The van der Waals surface area contributed by atoms with Crippen molar-refractivity contribution in [3.63, 3.8) is 0 Å². The molecule has 0 spiro atoms. The lowest BCUT2D eigenvalue weighted by Crippen LogP contribution is -2.19. The zero-order chi connectivity index (χ0) is 13.7. The lowest BCUT2D eigenvalue weighted by molar-refractivity contribution is 0.0832. The van der Waals surface area contributed by atoms with Gasteiger partial charge in [0.15, 0.2) is 0 Å². The van der Waals surface area contributed by atoms with Gasteiger partial charge in [-0.2, -0.15) is 5.26 Å². The minimum absolute atomic E-state index is 0.356. The molecule has 5 nitrogen and oxygen atoms in total. The summed E-state index contributed by atoms with van der Waals surface area (Å²) in [5, 5.41) is 17.4. The molecule has 0 N–H and O–H groups in total. The van der Waals surface area contributed by atoms with Crippen molar-refractivity contribution in [3.05, 3.63) is 11.4 Å². The van der Waals surface area contributed by atoms with E-state index in [2.05, 4.69) is 30.2 Å². The Morgan fingerprint density at radius 2 is 2.16 bits per heavy atom. The number of hydrogen-bond donors (Lipinski definition) is 0. The molecule has 0 amide bonds. The zero-order valence-electron chi connectivity index (χ0n) is 11.8. The third-order valence-corrected chi connectivity index (χ3v) is 3.62. The van der Waals surface area contributed by atoms with E-state index in [9.17, 15) is 0 Å². The van der Waals surface area contributed by atoms with Crippen molar-refractivity contribution in [2.45, 2.75) is 52.0 Å². The van der Waals surface area contributed by atoms with Crippen LogP contribution in [0.25, 0.3) is 0 Å². The summed E-state index contributed by atoms with van der Waals surface area (Å²) in [7, 11) is 0. The van der Waals surface area contributed by atoms with E-state index in [1.807, 2.05) is 4.68 Å². The summed E-state index contributed by atoms with van der Waals surface area (Å²) in [6.07, 6.45) is 3.46. The number of nitrogens with zero attached hydrogens (tertiary/aromatic N) is 4. The van der Waals surface area contributed by atoms with Crippen molar-refractivity contribution in [1.29, 1.82) is 5.26 Å². The van der Waals surface area contributed by atoms with Gasteiger partial charge in [0, 0.05) is 25.7 Å². The van der Waals surface area contributed by atoms with E-state index in [1.54, 1.807) is 0 Å². The molecule has 1 aliphatic heterocycles. The van der Waals surface area contributed by atoms with Crippen LogP contribution in [-0.2, 0) is 17.7 Å². The number of aromatic nitrogens is 3. The van der Waals surface area contributed by atoms with Crippen molar-refractivity contribution < 1.29 is 4.74 Å². The molecule has 1 aromatic heterocycles. The predicted molar refractivity (Wildman–Crippen MR) is 71.6 cm³/mol. The molecule has 104 valence electrons. The molecule has 1 aliphatic rings. The lowest BCUT2D eigenvalue weighted by Gasteiger charge is -2.23. The van der Waals surface area contributed by atoms with Crippen molar-refractivity contribution in [1.82, 2.24) is 15.0 Å². The average molecular weight is 262 g/mol. The second-order valence-corrected chi connectivity index (χ2v) is 5.55. The largest absolute Gasteiger partial charge is 0.381 e. The highest BCUT2D eigenvalue weighted by Crippen LogP contribution is 2.29. The van der Waals surface area contributed by atoms with Gasteiger partial charge >= 0.3 is 0 Å². The first-order valence-electron chi connectivity index (χ1n) is 7.09. The van der Waals surface area contributed by atoms with Crippen LogP contribution in [0.3, 0.4) is 0 Å². The van der Waals surface area contributed by atoms with E-state index in [0.29, 0.717) is 18.3 Å². The number of rotatable bonds is 5. The molecule has 1 fully saturated rings. The first-order valence-corrected chi connectivity index (χ1v) is 7.09. The number of hydrogen-bond acceptors (Lipinski definition) is 4. The molecule has 19 heavy (non-hydrogen) atoms. The highest BCUT2D eigenvalue weighted by atomic mass is 16.5. The van der Waals surface area contributed by atoms with Gasteiger partial charge in [-0.05, 0) is 25.2 Å². The molecule has 0 bridgehead atoms. The van der Waals surface area contributed by atoms with Gasteiger partial charge in [-0.25, -0.2) is 4.68 Å². The number of aryl methyl sites for hydroxylation is 1. The molecule has 5 heteroatoms. The van der Waals surface area contributed by atoms with E-state index < -0.39 is 0 Å². The van der Waals surface area contributed by atoms with E-state index in [4.69, 9.17) is 10.00 Å². The first kappa shape index (κ1) is 14.0. The fourth-order valence-electron chi connectivity index (χ4n) is 2.52. The summed E-state index contributed by atoms with van der Waals surface area (Å²) < 4.78 is 7.44. The summed E-state index contributed by atoms with van der Waals surface area (Å²) in [6.45, 7) is 6.91. The van der Waals surface area contributed by atoms with Crippen LogP contribution in [0, 0.1) is 17.2 Å². The van der Waals surface area contributed by atoms with Crippen molar-refractivity contribution in [2.75, 3.05) is 13.2 Å². The Kier molecular flexibility index (Phi) is 4.92. The monoisotopic (exact) mass is 262 g/mol. The van der Waals surface area contributed by atoms with Gasteiger partial charge < -0.3 is 4.74 Å². The molecule has 0 unspecified atom stereocenters. The number of ether oxygens (including phenoxy) is 1. The highest BCUT2D eigenvalue weighted by Gasteiger charge is 2.24. The second-order valence-electron chi connectivity index (χ2n) is 5.55. The van der Waals surface area contributed by atoms with E-state index in [-0.39, 0.29) is 0 Å². The summed E-state index contributed by atoms with van der Waals surface area (Å²) >= 11 is 0. The van der Waals surface area contributed by atoms with Gasteiger partial charge in [0.2, 0.25) is 0 Å². The smallest absolute Gasteiger partial charge is 0.100 e. The lowest BCUT2D eigenvalue weighted by atomic mass is 9.94. The molecule has 0 aliphatic carbocycles. The van der Waals surface area contributed by atoms with Gasteiger partial charge in [0.1, 0.15) is 5.69 Å². The zero-order valence-corrected chi connectivity index (χ0v) is 11.8. The Hall–Kier alpha value is -1.41. The van der Waals surface area contributed by atoms with Crippen LogP contribution >= 0.6 is 0 Å². The van der Waals surface area contributed by atoms with Crippen LogP contribution in [0.4, 0.5) is 0 Å². The van der Waals surface area contributed by atoms with Crippen LogP contribution < -0.4 is 0 Å². The van der Waals surface area contributed by atoms with Gasteiger partial charge in [0.05, 0.1) is 18.2 Å². The van der Waals surface area contributed by atoms with Crippen LogP contribution in [0.1, 0.15) is 50.4 Å². The quantitative estimate of drug-likeness (QED) is 0.816. The van der Waals surface area contributed by atoms with Crippen molar-refractivity contribution in [3.8, 4) is 6.07 Å². The number of nitriles is 1. The molecule has 2 heterocycles. The SMILES string of the molecule is CC(C)CCn1nnc(CC#N)c1C1CCOCC1. The Morgan fingerprint density at radius 3 is 2.79 bits per heavy atom. The van der Waals surface area contributed by atoms with Crippen LogP contribution in [0.2, 0.25) is 0 Å². The minimum Gasteiger partial charge on any atom is -0.381 e. The van der Waals surface area contributed by atoms with Gasteiger partial charge in [-0.1, -0.05) is 19.1 Å². The third-order valence-electron chi connectivity index (χ3n) is 3.62. The fourth-order valence-corrected chi connectivity index (χ4v) is 2.52. The van der Waals surface area contributed by atoms with Crippen LogP contribution in [0.5, 0.6) is 0 Å². The Bertz CT molecular complexity index is 441. The predicted octanol–water partition coefficient (Wildman–Crippen LogP) is 2.28. The normalized spacial score (nSPS) is 16.7. The maximum atomic E-state index is 8.92. The van der Waals surface area contributed by atoms with Crippen molar-refractivity contribution in [2.24, 2.45) is 5.92 Å². The molecule has 1 saturated heterocycles. The fraction of sp³-hybridized carbons (Fsp3) is 0.786. The Morgan fingerprint density at radius 1 is 1.42 bits per heavy atom. The summed E-state index contributed by atoms with van der Waals surface area (Å²) in [5.41, 5.74) is 2.03. The Balaban J connectivity index is 2.19. The van der Waals surface area contributed by atoms with Gasteiger partial charge in [0.25, 0.3) is 0 Å². The van der Waals surface area contributed by atoms with Crippen LogP contribution in [0.15, 0.2) is 0 Å². The third kappa shape index (κ3) is 3.54. The molecular formula is C14H22N4O. The standard InChI is InChI=1S/C14H22N4O/c1-11(2)4-8-18-14(12-5-9-19-10-6-12)13(3-7-15)16-17-18/h11-12H,3-6,8-10H2,1-2H3. The first-order chi connectivity index (χ1) is 9.22. The molecule has 1 aromatic rings. The highest BCUT2D eigenvalue weighted by molar-refractivity contribution is 5.19. The summed E-state index contributed by atoms with van der Waals surface area (Å²) in [4.78, 5) is 0. The van der Waals surface area contributed by atoms with E-state index in [0.717, 1.165) is 44.7 Å². The van der Waals surface area contributed by atoms with E-state index >= 15 is 0 Å². The van der Waals surface area contributed by atoms with Crippen molar-refractivity contribution >= 4 is 0 Å². The minimum atomic E-state index is 0.356. The molecule has 2 rings (SSSR count). The van der Waals surface area contributed by atoms with E-state index in [1.165, 1.54) is 5.69 Å². The maximum Gasteiger partial charge on any atom is 0.100 e. The average Bonchev–Trinajstić information content (AvgIpc) is 2.81. The molecule has 0 saturated carbocycles. The topological polar surface area (TPSA) is 63.7 Å². The van der Waals surface area contributed by atoms with Crippen LogP contribution in [-0.4, -0.2) is 28.2 Å². The Labute approximate surface area is 114 Å². The van der Waals surface area contributed by atoms with Gasteiger partial charge in [-0.15, -0.1) is 5.10 Å². The summed E-state index contributed by atoms with van der Waals surface area (Å²) in [5.74, 6) is 1.09. The molecule has 0 aromatic carbocycles. The molecule has 0 radical (unpaired) electrons. The summed E-state index contributed by atoms with van der Waals surface area (Å²) in [6, 6.07) is 2.19. The van der Waals surface area contributed by atoms with Gasteiger partial charge in [-0.3, -0.25) is 0 Å². The molecular weight excluding hydrogens is 240 g/mol. The molecule has 0 atom stereocenters.